The average Bonchev–Trinajstić information content (AvgIpc) is 2.83. The minimum atomic E-state index is -0.568. The fraction of sp³-hybridized carbons (Fsp3) is 1.00. The quantitative estimate of drug-likeness (QED) is 0.689. The third-order valence-electron chi connectivity index (χ3n) is 3.98. The Kier molecular flexibility index (Phi) is 7.09. The molecule has 2 N–H and O–H groups in total. The van der Waals surface area contributed by atoms with Gasteiger partial charge in [-0.05, 0) is 38.0 Å². The van der Waals surface area contributed by atoms with Crippen molar-refractivity contribution in [3.05, 3.63) is 0 Å². The molecule has 17 heavy (non-hydrogen) atoms. The molecule has 1 saturated heterocycles. The van der Waals surface area contributed by atoms with Gasteiger partial charge >= 0.3 is 0 Å². The Balaban J connectivity index is 2.16. The molecule has 0 aromatic rings. The third-order valence-corrected chi connectivity index (χ3v) is 3.98. The maximum Gasteiger partial charge on any atom is 0.0826 e. The monoisotopic (exact) mass is 244 g/mol. The Morgan fingerprint density at radius 3 is 2.47 bits per heavy atom. The maximum absolute atomic E-state index is 9.99. The second-order valence-corrected chi connectivity index (χ2v) is 5.20. The summed E-state index contributed by atoms with van der Waals surface area (Å²) < 4.78 is 5.54. The van der Waals surface area contributed by atoms with Gasteiger partial charge in [-0.15, -0.1) is 0 Å². The van der Waals surface area contributed by atoms with Crippen LogP contribution >= 0.6 is 0 Å². The lowest BCUT2D eigenvalue weighted by atomic mass is 9.90. The van der Waals surface area contributed by atoms with E-state index in [2.05, 4.69) is 13.8 Å². The van der Waals surface area contributed by atoms with Crippen molar-refractivity contribution in [2.45, 2.75) is 77.1 Å². The molecule has 3 heteroatoms. The zero-order chi connectivity index (χ0) is 12.7. The summed E-state index contributed by atoms with van der Waals surface area (Å²) >= 11 is 0. The molecule has 0 radical (unpaired) electrons. The van der Waals surface area contributed by atoms with Crippen molar-refractivity contribution in [1.82, 2.24) is 0 Å². The van der Waals surface area contributed by atoms with E-state index >= 15 is 0 Å². The first-order valence-electron chi connectivity index (χ1n) is 7.16. The van der Waals surface area contributed by atoms with E-state index in [4.69, 9.17) is 4.74 Å². The smallest absolute Gasteiger partial charge is 0.0826 e. The molecule has 0 aromatic heterocycles. The van der Waals surface area contributed by atoms with E-state index in [0.29, 0.717) is 12.5 Å². The fourth-order valence-electron chi connectivity index (χ4n) is 2.68. The fourth-order valence-corrected chi connectivity index (χ4v) is 2.68. The van der Waals surface area contributed by atoms with Gasteiger partial charge in [-0.25, -0.2) is 0 Å². The highest BCUT2D eigenvalue weighted by molar-refractivity contribution is 4.75. The Morgan fingerprint density at radius 1 is 1.24 bits per heavy atom. The Hall–Kier alpha value is -0.120. The van der Waals surface area contributed by atoms with Crippen LogP contribution in [0, 0.1) is 5.92 Å². The topological polar surface area (TPSA) is 49.7 Å². The number of aliphatic hydroxyl groups excluding tert-OH is 2. The molecule has 0 aromatic carbocycles. The van der Waals surface area contributed by atoms with Gasteiger partial charge in [-0.1, -0.05) is 26.7 Å². The molecule has 3 nitrogen and oxygen atoms in total. The van der Waals surface area contributed by atoms with E-state index in [1.54, 1.807) is 0 Å². The minimum absolute atomic E-state index is 0.229. The minimum Gasteiger partial charge on any atom is -0.390 e. The van der Waals surface area contributed by atoms with Crippen molar-refractivity contribution in [1.29, 1.82) is 0 Å². The van der Waals surface area contributed by atoms with Gasteiger partial charge < -0.3 is 14.9 Å². The number of rotatable bonds is 8. The van der Waals surface area contributed by atoms with Crippen molar-refractivity contribution in [3.63, 3.8) is 0 Å². The standard InChI is InChI=1S/C14H28O3/c1-3-11(4-2)14(16)13(15)9-5-7-12-8-6-10-17-12/h11-16H,3-10H2,1-2H3. The lowest BCUT2D eigenvalue weighted by Crippen LogP contribution is -2.33. The van der Waals surface area contributed by atoms with E-state index in [1.165, 1.54) is 6.42 Å². The Bertz CT molecular complexity index is 186. The normalized spacial score (nSPS) is 24.2. The van der Waals surface area contributed by atoms with Crippen LogP contribution in [0.5, 0.6) is 0 Å². The van der Waals surface area contributed by atoms with Gasteiger partial charge in [0.1, 0.15) is 0 Å². The summed E-state index contributed by atoms with van der Waals surface area (Å²) in [7, 11) is 0. The molecule has 0 saturated carbocycles. The van der Waals surface area contributed by atoms with Gasteiger partial charge in [0.25, 0.3) is 0 Å². The van der Waals surface area contributed by atoms with Gasteiger partial charge in [0.05, 0.1) is 18.3 Å². The first-order chi connectivity index (χ1) is 8.19. The van der Waals surface area contributed by atoms with Crippen molar-refractivity contribution in [2.75, 3.05) is 6.61 Å². The number of ether oxygens (including phenoxy) is 1. The van der Waals surface area contributed by atoms with Gasteiger partial charge in [0.2, 0.25) is 0 Å². The van der Waals surface area contributed by atoms with E-state index < -0.39 is 12.2 Å². The van der Waals surface area contributed by atoms with Gasteiger partial charge in [0.15, 0.2) is 0 Å². The van der Waals surface area contributed by atoms with Crippen LogP contribution in [0.15, 0.2) is 0 Å². The van der Waals surface area contributed by atoms with Gasteiger partial charge in [-0.3, -0.25) is 0 Å². The Labute approximate surface area is 105 Å². The maximum atomic E-state index is 9.99. The molecule has 0 spiro atoms. The highest BCUT2D eigenvalue weighted by atomic mass is 16.5. The van der Waals surface area contributed by atoms with Crippen LogP contribution in [0.4, 0.5) is 0 Å². The molecule has 1 aliphatic heterocycles. The zero-order valence-corrected chi connectivity index (χ0v) is 11.3. The van der Waals surface area contributed by atoms with Gasteiger partial charge in [-0.2, -0.15) is 0 Å². The highest BCUT2D eigenvalue weighted by Gasteiger charge is 2.24. The van der Waals surface area contributed by atoms with Crippen LogP contribution < -0.4 is 0 Å². The van der Waals surface area contributed by atoms with Crippen LogP contribution in [-0.2, 0) is 4.74 Å². The predicted octanol–water partition coefficient (Wildman–Crippen LogP) is 2.49. The van der Waals surface area contributed by atoms with Crippen LogP contribution in [0.2, 0.25) is 0 Å². The van der Waals surface area contributed by atoms with Crippen molar-refractivity contribution in [3.8, 4) is 0 Å². The van der Waals surface area contributed by atoms with Crippen molar-refractivity contribution < 1.29 is 14.9 Å². The summed E-state index contributed by atoms with van der Waals surface area (Å²) in [4.78, 5) is 0. The first kappa shape index (κ1) is 14.9. The summed E-state index contributed by atoms with van der Waals surface area (Å²) in [6, 6.07) is 0. The van der Waals surface area contributed by atoms with Crippen LogP contribution in [0.25, 0.3) is 0 Å². The molecule has 1 rings (SSSR count). The average molecular weight is 244 g/mol. The van der Waals surface area contributed by atoms with Crippen LogP contribution in [-0.4, -0.2) is 35.1 Å². The zero-order valence-electron chi connectivity index (χ0n) is 11.3. The van der Waals surface area contributed by atoms with E-state index in [1.807, 2.05) is 0 Å². The van der Waals surface area contributed by atoms with E-state index in [9.17, 15) is 10.2 Å². The summed E-state index contributed by atoms with van der Waals surface area (Å²) in [6.45, 7) is 5.02. The van der Waals surface area contributed by atoms with Crippen molar-refractivity contribution in [2.24, 2.45) is 5.92 Å². The second-order valence-electron chi connectivity index (χ2n) is 5.20. The number of aliphatic hydroxyl groups is 2. The highest BCUT2D eigenvalue weighted by Crippen LogP contribution is 2.21. The lowest BCUT2D eigenvalue weighted by Gasteiger charge is -2.25. The predicted molar refractivity (Wildman–Crippen MR) is 68.9 cm³/mol. The summed E-state index contributed by atoms with van der Waals surface area (Å²) in [5, 5.41) is 19.9. The molecule has 1 aliphatic rings. The summed E-state index contributed by atoms with van der Waals surface area (Å²) in [5.41, 5.74) is 0. The first-order valence-corrected chi connectivity index (χ1v) is 7.16. The van der Waals surface area contributed by atoms with E-state index in [0.717, 1.165) is 38.7 Å². The van der Waals surface area contributed by atoms with Crippen molar-refractivity contribution >= 4 is 0 Å². The molecular weight excluding hydrogens is 216 g/mol. The molecule has 0 aliphatic carbocycles. The molecule has 102 valence electrons. The summed E-state index contributed by atoms with van der Waals surface area (Å²) in [5.74, 6) is 0.229. The second kappa shape index (κ2) is 8.06. The van der Waals surface area contributed by atoms with Crippen LogP contribution in [0.1, 0.15) is 58.8 Å². The van der Waals surface area contributed by atoms with Crippen LogP contribution in [0.3, 0.4) is 0 Å². The number of hydrogen-bond donors (Lipinski definition) is 2. The lowest BCUT2D eigenvalue weighted by molar-refractivity contribution is -0.0257. The third kappa shape index (κ3) is 4.94. The Morgan fingerprint density at radius 2 is 1.94 bits per heavy atom. The molecule has 1 heterocycles. The number of hydrogen-bond acceptors (Lipinski definition) is 3. The molecule has 3 unspecified atom stereocenters. The molecule has 1 fully saturated rings. The SMILES string of the molecule is CCC(CC)C(O)C(O)CCCC1CCCO1. The summed E-state index contributed by atoms with van der Waals surface area (Å²) in [6.07, 6.45) is 6.12. The molecule has 0 bridgehead atoms. The molecule has 3 atom stereocenters. The molecular formula is C14H28O3. The molecule has 0 amide bonds. The van der Waals surface area contributed by atoms with E-state index in [-0.39, 0.29) is 5.92 Å². The van der Waals surface area contributed by atoms with Gasteiger partial charge in [0, 0.05) is 6.61 Å². The largest absolute Gasteiger partial charge is 0.390 e.